The van der Waals surface area contributed by atoms with Gasteiger partial charge in [0.15, 0.2) is 0 Å². The fraction of sp³-hybridized carbons (Fsp3) is 1.00. The van der Waals surface area contributed by atoms with Crippen molar-refractivity contribution in [3.8, 4) is 0 Å². The van der Waals surface area contributed by atoms with E-state index in [0.717, 1.165) is 32.7 Å². The predicted molar refractivity (Wildman–Crippen MR) is 72.1 cm³/mol. The van der Waals surface area contributed by atoms with E-state index >= 15 is 0 Å². The highest BCUT2D eigenvalue weighted by Crippen LogP contribution is 1.98. The lowest BCUT2D eigenvalue weighted by molar-refractivity contribution is 0.319. The van der Waals surface area contributed by atoms with Crippen molar-refractivity contribution in [3.63, 3.8) is 0 Å². The first-order chi connectivity index (χ1) is 7.33. The van der Waals surface area contributed by atoms with Crippen molar-refractivity contribution < 1.29 is 0 Å². The first-order valence-corrected chi connectivity index (χ1v) is 6.09. The molecule has 0 fully saturated rings. The van der Waals surface area contributed by atoms with E-state index in [-0.39, 0.29) is 5.54 Å². The van der Waals surface area contributed by atoms with Crippen LogP contribution in [0.4, 0.5) is 0 Å². The Morgan fingerprint density at radius 1 is 0.875 bits per heavy atom. The molecule has 0 saturated heterocycles. The second kappa shape index (κ2) is 8.01. The molecule has 0 saturated carbocycles. The van der Waals surface area contributed by atoms with Crippen LogP contribution in [0.25, 0.3) is 0 Å². The molecule has 0 aliphatic carbocycles. The van der Waals surface area contributed by atoms with Crippen molar-refractivity contribution in [1.29, 1.82) is 0 Å². The van der Waals surface area contributed by atoms with Gasteiger partial charge in [-0.05, 0) is 42.0 Å². The van der Waals surface area contributed by atoms with Gasteiger partial charge in [-0.25, -0.2) is 0 Å². The first-order valence-electron chi connectivity index (χ1n) is 6.09. The molecule has 0 aliphatic heterocycles. The Balaban J connectivity index is 3.53. The molecule has 0 amide bonds. The van der Waals surface area contributed by atoms with Gasteiger partial charge in [-0.2, -0.15) is 0 Å². The maximum Gasteiger partial charge on any atom is 0.0250 e. The zero-order chi connectivity index (χ0) is 12.6. The molecule has 0 aromatic rings. The minimum absolute atomic E-state index is 0.169. The topological polar surface area (TPSA) is 30.5 Å². The molecule has 0 unspecified atom stereocenters. The second-order valence-corrected chi connectivity index (χ2v) is 5.59. The quantitative estimate of drug-likeness (QED) is 0.549. The van der Waals surface area contributed by atoms with Crippen molar-refractivity contribution in [1.82, 2.24) is 20.4 Å². The summed E-state index contributed by atoms with van der Waals surface area (Å²) < 4.78 is 0. The highest BCUT2D eigenvalue weighted by atomic mass is 15.1. The third kappa shape index (κ3) is 10.4. The Morgan fingerprint density at radius 3 is 1.88 bits per heavy atom. The van der Waals surface area contributed by atoms with Crippen LogP contribution in [-0.2, 0) is 0 Å². The van der Waals surface area contributed by atoms with Gasteiger partial charge in [0, 0.05) is 38.3 Å². The van der Waals surface area contributed by atoms with Crippen LogP contribution >= 0.6 is 0 Å². The molecule has 0 heterocycles. The molecule has 4 heteroatoms. The Kier molecular flexibility index (Phi) is 7.93. The average Bonchev–Trinajstić information content (AvgIpc) is 2.11. The van der Waals surface area contributed by atoms with Gasteiger partial charge in [0.05, 0.1) is 0 Å². The molecule has 0 aromatic heterocycles. The number of likely N-dealkylation sites (N-methyl/N-ethyl adjacent to an activating group) is 2. The Bertz CT molecular complexity index is 166. The van der Waals surface area contributed by atoms with Crippen LogP contribution in [0.5, 0.6) is 0 Å². The summed E-state index contributed by atoms with van der Waals surface area (Å²) in [6, 6.07) is 0. The summed E-state index contributed by atoms with van der Waals surface area (Å²) in [5.74, 6) is 0. The summed E-state index contributed by atoms with van der Waals surface area (Å²) in [7, 11) is 8.40. The first kappa shape index (κ1) is 15.8. The third-order valence-corrected chi connectivity index (χ3v) is 2.47. The molecule has 0 radical (unpaired) electrons. The number of hydrogen-bond donors (Lipinski definition) is 2. The average molecular weight is 230 g/mol. The standard InChI is InChI=1S/C12H30N4/c1-12(2,14-8-10-16(5)6)11-13-7-9-15(3)4/h13-14H,7-11H2,1-6H3. The fourth-order valence-electron chi connectivity index (χ4n) is 1.38. The molecule has 4 nitrogen and oxygen atoms in total. The smallest absolute Gasteiger partial charge is 0.0250 e. The Morgan fingerprint density at radius 2 is 1.38 bits per heavy atom. The molecule has 0 aromatic carbocycles. The van der Waals surface area contributed by atoms with Gasteiger partial charge in [0.25, 0.3) is 0 Å². The molecule has 0 spiro atoms. The van der Waals surface area contributed by atoms with Crippen molar-refractivity contribution in [2.75, 3.05) is 60.9 Å². The molecule has 0 rings (SSSR count). The van der Waals surface area contributed by atoms with Gasteiger partial charge in [0.2, 0.25) is 0 Å². The Hall–Kier alpha value is -0.160. The van der Waals surface area contributed by atoms with E-state index in [0.29, 0.717) is 0 Å². The van der Waals surface area contributed by atoms with Gasteiger partial charge >= 0.3 is 0 Å². The summed E-state index contributed by atoms with van der Waals surface area (Å²) in [6.45, 7) is 9.75. The highest BCUT2D eigenvalue weighted by Gasteiger charge is 2.15. The molecular formula is C12H30N4. The summed E-state index contributed by atoms with van der Waals surface area (Å²) in [5, 5.41) is 7.04. The number of hydrogen-bond acceptors (Lipinski definition) is 4. The maximum atomic E-state index is 3.56. The van der Waals surface area contributed by atoms with E-state index in [1.54, 1.807) is 0 Å². The zero-order valence-electron chi connectivity index (χ0n) is 11.9. The van der Waals surface area contributed by atoms with Crippen molar-refractivity contribution in [2.24, 2.45) is 0 Å². The highest BCUT2D eigenvalue weighted by molar-refractivity contribution is 4.80. The molecule has 2 N–H and O–H groups in total. The summed E-state index contributed by atoms with van der Waals surface area (Å²) in [4.78, 5) is 4.39. The summed E-state index contributed by atoms with van der Waals surface area (Å²) in [6.07, 6.45) is 0. The lowest BCUT2D eigenvalue weighted by atomic mass is 10.1. The van der Waals surface area contributed by atoms with E-state index in [1.807, 2.05) is 0 Å². The van der Waals surface area contributed by atoms with E-state index < -0.39 is 0 Å². The van der Waals surface area contributed by atoms with Gasteiger partial charge < -0.3 is 20.4 Å². The van der Waals surface area contributed by atoms with Crippen molar-refractivity contribution >= 4 is 0 Å². The Labute approximate surface area is 101 Å². The minimum atomic E-state index is 0.169. The SMILES string of the molecule is CN(C)CCNCC(C)(C)NCCN(C)C. The van der Waals surface area contributed by atoms with Gasteiger partial charge in [-0.1, -0.05) is 0 Å². The zero-order valence-corrected chi connectivity index (χ0v) is 11.9. The monoisotopic (exact) mass is 230 g/mol. The minimum Gasteiger partial charge on any atom is -0.314 e. The van der Waals surface area contributed by atoms with Gasteiger partial charge in [-0.3, -0.25) is 0 Å². The molecule has 98 valence electrons. The summed E-state index contributed by atoms with van der Waals surface area (Å²) in [5.41, 5.74) is 0.169. The number of rotatable bonds is 9. The lowest BCUT2D eigenvalue weighted by Crippen LogP contribution is -2.50. The van der Waals surface area contributed by atoms with Crippen molar-refractivity contribution in [2.45, 2.75) is 19.4 Å². The van der Waals surface area contributed by atoms with Crippen LogP contribution in [0.3, 0.4) is 0 Å². The normalized spacial score (nSPS) is 12.8. The fourth-order valence-corrected chi connectivity index (χ4v) is 1.38. The van der Waals surface area contributed by atoms with Crippen LogP contribution < -0.4 is 10.6 Å². The molecule has 16 heavy (non-hydrogen) atoms. The lowest BCUT2D eigenvalue weighted by Gasteiger charge is -2.28. The molecular weight excluding hydrogens is 200 g/mol. The van der Waals surface area contributed by atoms with E-state index in [1.165, 1.54) is 0 Å². The number of nitrogens with zero attached hydrogens (tertiary/aromatic N) is 2. The van der Waals surface area contributed by atoms with Crippen LogP contribution in [0.15, 0.2) is 0 Å². The predicted octanol–water partition coefficient (Wildman–Crippen LogP) is 0.0674. The van der Waals surface area contributed by atoms with Gasteiger partial charge in [0.1, 0.15) is 0 Å². The van der Waals surface area contributed by atoms with Crippen LogP contribution in [0.1, 0.15) is 13.8 Å². The van der Waals surface area contributed by atoms with Crippen molar-refractivity contribution in [3.05, 3.63) is 0 Å². The molecule has 0 aliphatic rings. The second-order valence-electron chi connectivity index (χ2n) is 5.59. The number of nitrogens with one attached hydrogen (secondary N) is 2. The molecule has 0 atom stereocenters. The van der Waals surface area contributed by atoms with Crippen LogP contribution in [-0.4, -0.2) is 76.3 Å². The van der Waals surface area contributed by atoms with Crippen LogP contribution in [0, 0.1) is 0 Å². The third-order valence-electron chi connectivity index (χ3n) is 2.47. The van der Waals surface area contributed by atoms with Gasteiger partial charge in [-0.15, -0.1) is 0 Å². The van der Waals surface area contributed by atoms with E-state index in [2.05, 4.69) is 62.5 Å². The summed E-state index contributed by atoms with van der Waals surface area (Å²) >= 11 is 0. The van der Waals surface area contributed by atoms with E-state index in [4.69, 9.17) is 0 Å². The van der Waals surface area contributed by atoms with Crippen LogP contribution in [0.2, 0.25) is 0 Å². The molecule has 0 bridgehead atoms. The van der Waals surface area contributed by atoms with E-state index in [9.17, 15) is 0 Å². The largest absolute Gasteiger partial charge is 0.314 e. The maximum absolute atomic E-state index is 3.56.